The van der Waals surface area contributed by atoms with Crippen LogP contribution in [0.2, 0.25) is 0 Å². The molecular formula is C30H37N5O. The molecule has 188 valence electrons. The lowest BCUT2D eigenvalue weighted by molar-refractivity contribution is 0.0871. The highest BCUT2D eigenvalue weighted by Crippen LogP contribution is 2.49. The van der Waals surface area contributed by atoms with Crippen molar-refractivity contribution in [2.24, 2.45) is 0 Å². The van der Waals surface area contributed by atoms with Gasteiger partial charge >= 0.3 is 0 Å². The third-order valence-electron chi connectivity index (χ3n) is 8.10. The highest BCUT2D eigenvalue weighted by Gasteiger charge is 2.52. The van der Waals surface area contributed by atoms with Gasteiger partial charge in [0.05, 0.1) is 25.1 Å². The number of hydrogen-bond donors (Lipinski definition) is 1. The number of ether oxygens (including phenoxy) is 1. The molecular weight excluding hydrogens is 446 g/mol. The van der Waals surface area contributed by atoms with E-state index in [1.165, 1.54) is 33.5 Å². The van der Waals surface area contributed by atoms with Gasteiger partial charge in [0, 0.05) is 55.7 Å². The zero-order valence-electron chi connectivity index (χ0n) is 21.8. The maximum atomic E-state index is 9.40. The number of nitriles is 1. The van der Waals surface area contributed by atoms with Gasteiger partial charge in [0.25, 0.3) is 0 Å². The largest absolute Gasteiger partial charge is 0.496 e. The van der Waals surface area contributed by atoms with E-state index in [1.807, 2.05) is 6.07 Å². The Labute approximate surface area is 215 Å². The SMILES string of the molecule is C=C1N2Cc3cc(N)cc(OC)c3CC=C2C2(CCN(Cc3cc(C)cc(C)c3)CC2)N1CCC#N. The first kappa shape index (κ1) is 24.3. The van der Waals surface area contributed by atoms with Crippen LogP contribution in [0.4, 0.5) is 5.69 Å². The van der Waals surface area contributed by atoms with Crippen molar-refractivity contribution in [1.29, 1.82) is 5.26 Å². The Bertz CT molecular complexity index is 1230. The van der Waals surface area contributed by atoms with E-state index in [0.29, 0.717) is 13.0 Å². The Balaban J connectivity index is 1.44. The summed E-state index contributed by atoms with van der Waals surface area (Å²) in [5, 5.41) is 9.40. The van der Waals surface area contributed by atoms with Crippen LogP contribution in [0.25, 0.3) is 0 Å². The first-order chi connectivity index (χ1) is 17.3. The Morgan fingerprint density at radius 3 is 2.50 bits per heavy atom. The van der Waals surface area contributed by atoms with Gasteiger partial charge in [-0.1, -0.05) is 42.0 Å². The van der Waals surface area contributed by atoms with Gasteiger partial charge in [-0.3, -0.25) is 4.90 Å². The van der Waals surface area contributed by atoms with Crippen LogP contribution in [-0.4, -0.2) is 47.0 Å². The molecule has 0 radical (unpaired) electrons. The molecule has 2 N–H and O–H groups in total. The summed E-state index contributed by atoms with van der Waals surface area (Å²) in [4.78, 5) is 7.36. The predicted octanol–water partition coefficient (Wildman–Crippen LogP) is 4.87. The number of nitrogens with two attached hydrogens (primary N) is 1. The van der Waals surface area contributed by atoms with Crippen molar-refractivity contribution in [3.63, 3.8) is 0 Å². The second-order valence-electron chi connectivity index (χ2n) is 10.5. The summed E-state index contributed by atoms with van der Waals surface area (Å²) in [7, 11) is 1.71. The molecule has 6 nitrogen and oxygen atoms in total. The van der Waals surface area contributed by atoms with Crippen LogP contribution in [0, 0.1) is 25.2 Å². The van der Waals surface area contributed by atoms with E-state index in [9.17, 15) is 5.26 Å². The van der Waals surface area contributed by atoms with Crippen molar-refractivity contribution in [2.45, 2.75) is 58.2 Å². The first-order valence-corrected chi connectivity index (χ1v) is 12.9. The summed E-state index contributed by atoms with van der Waals surface area (Å²) in [5.74, 6) is 1.85. The fourth-order valence-corrected chi connectivity index (χ4v) is 6.58. The number of piperidine rings is 1. The number of rotatable bonds is 5. The zero-order valence-corrected chi connectivity index (χ0v) is 21.8. The summed E-state index contributed by atoms with van der Waals surface area (Å²) >= 11 is 0. The number of fused-ring (bicyclic) bond motifs is 3. The summed E-state index contributed by atoms with van der Waals surface area (Å²) in [6.45, 7) is 13.3. The molecule has 1 spiro atoms. The van der Waals surface area contributed by atoms with E-state index in [-0.39, 0.29) is 5.54 Å². The van der Waals surface area contributed by atoms with Crippen LogP contribution in [0.1, 0.15) is 47.1 Å². The molecule has 0 unspecified atom stereocenters. The van der Waals surface area contributed by atoms with Crippen LogP contribution in [0.3, 0.4) is 0 Å². The van der Waals surface area contributed by atoms with E-state index in [4.69, 9.17) is 10.5 Å². The molecule has 0 atom stereocenters. The van der Waals surface area contributed by atoms with Crippen molar-refractivity contribution in [3.8, 4) is 11.8 Å². The molecule has 2 aromatic rings. The number of nitrogen functional groups attached to an aromatic ring is 1. The molecule has 0 amide bonds. The van der Waals surface area contributed by atoms with Crippen LogP contribution < -0.4 is 10.5 Å². The third kappa shape index (κ3) is 4.22. The number of nitrogens with zero attached hydrogens (tertiary/aromatic N) is 4. The average molecular weight is 484 g/mol. The molecule has 0 bridgehead atoms. The molecule has 6 heteroatoms. The summed E-state index contributed by atoms with van der Waals surface area (Å²) < 4.78 is 5.69. The maximum absolute atomic E-state index is 9.40. The number of likely N-dealkylation sites (tertiary alicyclic amines) is 1. The van der Waals surface area contributed by atoms with Crippen molar-refractivity contribution in [1.82, 2.24) is 14.7 Å². The smallest absolute Gasteiger partial charge is 0.124 e. The predicted molar refractivity (Wildman–Crippen MR) is 144 cm³/mol. The minimum atomic E-state index is -0.131. The topological polar surface area (TPSA) is 68.8 Å². The number of hydrogen-bond acceptors (Lipinski definition) is 6. The minimum Gasteiger partial charge on any atom is -0.496 e. The molecule has 2 aromatic carbocycles. The van der Waals surface area contributed by atoms with Crippen molar-refractivity contribution in [2.75, 3.05) is 32.5 Å². The summed E-state index contributed by atoms with van der Waals surface area (Å²) in [6.07, 6.45) is 5.70. The Hall–Kier alpha value is -3.43. The lowest BCUT2D eigenvalue weighted by Crippen LogP contribution is -2.52. The number of anilines is 1. The lowest BCUT2D eigenvalue weighted by Gasteiger charge is -2.45. The highest BCUT2D eigenvalue weighted by molar-refractivity contribution is 5.55. The second kappa shape index (κ2) is 9.55. The molecule has 3 aliphatic rings. The Morgan fingerprint density at radius 2 is 1.83 bits per heavy atom. The number of allylic oxidation sites excluding steroid dienone is 1. The molecule has 3 aliphatic heterocycles. The van der Waals surface area contributed by atoms with E-state index in [2.05, 4.69) is 71.5 Å². The second-order valence-corrected chi connectivity index (χ2v) is 10.5. The van der Waals surface area contributed by atoms with Gasteiger partial charge in [-0.15, -0.1) is 0 Å². The van der Waals surface area contributed by atoms with E-state index < -0.39 is 0 Å². The highest BCUT2D eigenvalue weighted by atomic mass is 16.5. The third-order valence-corrected chi connectivity index (χ3v) is 8.10. The standard InChI is InChI=1S/C30H37N5O/c1-21-14-22(2)16-24(15-21)19-33-12-8-30(9-13-33)29-7-6-27-25(17-26(32)18-28(27)36-4)20-34(29)23(3)35(30)11-5-10-31/h7,14-18H,3,5-6,8-9,11-13,19-20,32H2,1-2,4H3. The Kier molecular flexibility index (Phi) is 6.44. The van der Waals surface area contributed by atoms with Gasteiger partial charge in [0.15, 0.2) is 0 Å². The number of benzene rings is 2. The van der Waals surface area contributed by atoms with Gasteiger partial charge in [-0.05, 0) is 50.3 Å². The van der Waals surface area contributed by atoms with Crippen molar-refractivity contribution >= 4 is 5.69 Å². The molecule has 0 aromatic heterocycles. The van der Waals surface area contributed by atoms with Crippen molar-refractivity contribution in [3.05, 3.63) is 82.3 Å². The number of aryl methyl sites for hydroxylation is 2. The fourth-order valence-electron chi connectivity index (χ4n) is 6.58. The Morgan fingerprint density at radius 1 is 1.11 bits per heavy atom. The van der Waals surface area contributed by atoms with E-state index in [0.717, 1.165) is 62.7 Å². The fraction of sp³-hybridized carbons (Fsp3) is 0.433. The quantitative estimate of drug-likeness (QED) is 0.612. The molecule has 3 heterocycles. The normalized spacial score (nSPS) is 18.9. The van der Waals surface area contributed by atoms with Gasteiger partial charge in [0.1, 0.15) is 11.6 Å². The molecule has 0 aliphatic carbocycles. The number of methoxy groups -OCH3 is 1. The van der Waals surface area contributed by atoms with Crippen LogP contribution in [0.15, 0.2) is 54.5 Å². The van der Waals surface area contributed by atoms with Gasteiger partial charge < -0.3 is 20.3 Å². The molecule has 0 saturated carbocycles. The zero-order chi connectivity index (χ0) is 25.4. The van der Waals surface area contributed by atoms with Crippen LogP contribution in [0.5, 0.6) is 5.75 Å². The van der Waals surface area contributed by atoms with Gasteiger partial charge in [-0.2, -0.15) is 5.26 Å². The van der Waals surface area contributed by atoms with E-state index in [1.54, 1.807) is 7.11 Å². The van der Waals surface area contributed by atoms with Gasteiger partial charge in [-0.25, -0.2) is 0 Å². The maximum Gasteiger partial charge on any atom is 0.124 e. The molecule has 36 heavy (non-hydrogen) atoms. The van der Waals surface area contributed by atoms with Crippen LogP contribution >= 0.6 is 0 Å². The van der Waals surface area contributed by atoms with Crippen molar-refractivity contribution < 1.29 is 4.74 Å². The van der Waals surface area contributed by atoms with Gasteiger partial charge in [0.2, 0.25) is 0 Å². The first-order valence-electron chi connectivity index (χ1n) is 12.9. The molecule has 2 saturated heterocycles. The van der Waals surface area contributed by atoms with Crippen LogP contribution in [-0.2, 0) is 19.5 Å². The molecule has 5 rings (SSSR count). The van der Waals surface area contributed by atoms with E-state index >= 15 is 0 Å². The monoisotopic (exact) mass is 483 g/mol. The minimum absolute atomic E-state index is 0.131. The molecule has 2 fully saturated rings. The lowest BCUT2D eigenvalue weighted by atomic mass is 9.82. The summed E-state index contributed by atoms with van der Waals surface area (Å²) in [6, 6.07) is 13.2. The average Bonchev–Trinajstić information content (AvgIpc) is 2.95. The summed E-state index contributed by atoms with van der Waals surface area (Å²) in [5.41, 5.74) is 14.5.